The second-order valence-corrected chi connectivity index (χ2v) is 5.07. The zero-order valence-electron chi connectivity index (χ0n) is 7.62. The lowest BCUT2D eigenvalue weighted by Gasteiger charge is -2.00. The first kappa shape index (κ1) is 11.3. The smallest absolute Gasteiger partial charge is 0.337 e. The first-order valence-corrected chi connectivity index (χ1v) is 5.97. The Morgan fingerprint density at radius 2 is 2.31 bits per heavy atom. The lowest BCUT2D eigenvalue weighted by molar-refractivity contribution is 0.0696. The standard InChI is InChI=1S/C8H4ClN3O2S2/c9-5-2-10-6(1-4(5)7(13)14)15-8-11-3-12-16-8/h1-3H,(H,13,14). The SMILES string of the molecule is O=C(O)c1cc(Sc2ncns2)ncc1Cl. The third-order valence-corrected chi connectivity index (χ3v) is 3.54. The molecule has 0 radical (unpaired) electrons. The molecular weight excluding hydrogens is 270 g/mol. The van der Waals surface area contributed by atoms with Crippen molar-refractivity contribution in [3.8, 4) is 0 Å². The minimum Gasteiger partial charge on any atom is -0.478 e. The van der Waals surface area contributed by atoms with Crippen LogP contribution < -0.4 is 0 Å². The second-order valence-electron chi connectivity index (χ2n) is 2.62. The van der Waals surface area contributed by atoms with Gasteiger partial charge in [0, 0.05) is 6.20 Å². The van der Waals surface area contributed by atoms with Crippen LogP contribution in [0.5, 0.6) is 0 Å². The van der Waals surface area contributed by atoms with Gasteiger partial charge in [-0.3, -0.25) is 0 Å². The third kappa shape index (κ3) is 2.49. The molecule has 0 spiro atoms. The van der Waals surface area contributed by atoms with E-state index in [9.17, 15) is 4.79 Å². The van der Waals surface area contributed by atoms with Crippen molar-refractivity contribution >= 4 is 40.9 Å². The van der Waals surface area contributed by atoms with Crippen molar-refractivity contribution in [3.63, 3.8) is 0 Å². The lowest BCUT2D eigenvalue weighted by atomic mass is 10.3. The molecule has 2 rings (SSSR count). The summed E-state index contributed by atoms with van der Waals surface area (Å²) in [4.78, 5) is 18.8. The van der Waals surface area contributed by atoms with Gasteiger partial charge in [0.2, 0.25) is 0 Å². The fourth-order valence-electron chi connectivity index (χ4n) is 0.937. The Morgan fingerprint density at radius 1 is 1.50 bits per heavy atom. The zero-order chi connectivity index (χ0) is 11.5. The molecule has 0 atom stereocenters. The Hall–Kier alpha value is -1.18. The first-order valence-electron chi connectivity index (χ1n) is 4.00. The number of hydrogen-bond acceptors (Lipinski definition) is 6. The molecule has 0 aliphatic carbocycles. The van der Waals surface area contributed by atoms with E-state index in [4.69, 9.17) is 16.7 Å². The van der Waals surface area contributed by atoms with Gasteiger partial charge in [0.15, 0.2) is 4.34 Å². The molecular formula is C8H4ClN3O2S2. The predicted molar refractivity (Wildman–Crippen MR) is 60.2 cm³/mol. The molecule has 2 aromatic heterocycles. The number of carboxylic acid groups (broad SMARTS) is 1. The van der Waals surface area contributed by atoms with Crippen LogP contribution in [0.15, 0.2) is 28.0 Å². The summed E-state index contributed by atoms with van der Waals surface area (Å²) >= 11 is 8.16. The van der Waals surface area contributed by atoms with Gasteiger partial charge in [0.1, 0.15) is 11.4 Å². The molecule has 0 bridgehead atoms. The maximum Gasteiger partial charge on any atom is 0.337 e. The summed E-state index contributed by atoms with van der Waals surface area (Å²) in [5.74, 6) is -1.08. The summed E-state index contributed by atoms with van der Waals surface area (Å²) in [6.45, 7) is 0. The van der Waals surface area contributed by atoms with Crippen molar-refractivity contribution in [2.45, 2.75) is 9.37 Å². The van der Waals surface area contributed by atoms with E-state index in [1.807, 2.05) is 0 Å². The summed E-state index contributed by atoms with van der Waals surface area (Å²) in [5, 5.41) is 9.52. The van der Waals surface area contributed by atoms with Crippen molar-refractivity contribution in [3.05, 3.63) is 29.2 Å². The summed E-state index contributed by atoms with van der Waals surface area (Å²) in [7, 11) is 0. The van der Waals surface area contributed by atoms with Crippen molar-refractivity contribution in [1.29, 1.82) is 0 Å². The molecule has 2 heterocycles. The number of carbonyl (C=O) groups is 1. The highest BCUT2D eigenvalue weighted by molar-refractivity contribution is 8.00. The van der Waals surface area contributed by atoms with E-state index in [1.54, 1.807) is 0 Å². The van der Waals surface area contributed by atoms with Gasteiger partial charge in [-0.15, -0.1) is 0 Å². The van der Waals surface area contributed by atoms with E-state index in [0.29, 0.717) is 9.37 Å². The number of aromatic nitrogens is 3. The lowest BCUT2D eigenvalue weighted by Crippen LogP contribution is -1.98. The van der Waals surface area contributed by atoms with Crippen molar-refractivity contribution in [1.82, 2.24) is 14.3 Å². The van der Waals surface area contributed by atoms with E-state index < -0.39 is 5.97 Å². The topological polar surface area (TPSA) is 76.0 Å². The molecule has 0 fully saturated rings. The fourth-order valence-corrected chi connectivity index (χ4v) is 2.49. The molecule has 82 valence electrons. The number of nitrogens with zero attached hydrogens (tertiary/aromatic N) is 3. The van der Waals surface area contributed by atoms with Crippen LogP contribution in [0.4, 0.5) is 0 Å². The molecule has 1 N–H and O–H groups in total. The fraction of sp³-hybridized carbons (Fsp3) is 0. The van der Waals surface area contributed by atoms with E-state index in [-0.39, 0.29) is 10.6 Å². The third-order valence-electron chi connectivity index (χ3n) is 1.59. The Labute approximate surface area is 104 Å². The van der Waals surface area contributed by atoms with Gasteiger partial charge in [-0.05, 0) is 29.4 Å². The molecule has 0 saturated carbocycles. The molecule has 2 aromatic rings. The van der Waals surface area contributed by atoms with Crippen LogP contribution in [0, 0.1) is 0 Å². The average molecular weight is 274 g/mol. The number of rotatable bonds is 3. The maximum atomic E-state index is 10.8. The Kier molecular flexibility index (Phi) is 3.37. The van der Waals surface area contributed by atoms with E-state index in [0.717, 1.165) is 0 Å². The zero-order valence-corrected chi connectivity index (χ0v) is 10.0. The molecule has 0 unspecified atom stereocenters. The predicted octanol–water partition coefficient (Wildman–Crippen LogP) is 2.44. The Bertz CT molecular complexity index is 518. The van der Waals surface area contributed by atoms with Crippen molar-refractivity contribution < 1.29 is 9.90 Å². The van der Waals surface area contributed by atoms with Crippen LogP contribution in [0.2, 0.25) is 5.02 Å². The van der Waals surface area contributed by atoms with E-state index in [2.05, 4.69) is 14.3 Å². The normalized spacial score (nSPS) is 10.3. The number of aromatic carboxylic acids is 1. The number of hydrogen-bond donors (Lipinski definition) is 1. The maximum absolute atomic E-state index is 10.8. The van der Waals surface area contributed by atoms with Gasteiger partial charge in [-0.1, -0.05) is 11.6 Å². The van der Waals surface area contributed by atoms with Crippen molar-refractivity contribution in [2.75, 3.05) is 0 Å². The first-order chi connectivity index (χ1) is 7.66. The largest absolute Gasteiger partial charge is 0.478 e. The molecule has 0 amide bonds. The van der Waals surface area contributed by atoms with Crippen LogP contribution in [0.3, 0.4) is 0 Å². The summed E-state index contributed by atoms with van der Waals surface area (Å²) < 4.78 is 4.53. The average Bonchev–Trinajstić information content (AvgIpc) is 2.73. The summed E-state index contributed by atoms with van der Waals surface area (Å²) in [5.41, 5.74) is 0.0312. The number of pyridine rings is 1. The van der Waals surface area contributed by atoms with Gasteiger partial charge in [0.05, 0.1) is 10.6 Å². The molecule has 0 aromatic carbocycles. The van der Waals surface area contributed by atoms with Crippen LogP contribution >= 0.6 is 34.9 Å². The highest BCUT2D eigenvalue weighted by atomic mass is 35.5. The van der Waals surface area contributed by atoms with Crippen LogP contribution in [-0.2, 0) is 0 Å². The van der Waals surface area contributed by atoms with Gasteiger partial charge >= 0.3 is 5.97 Å². The van der Waals surface area contributed by atoms with Gasteiger partial charge in [0.25, 0.3) is 0 Å². The van der Waals surface area contributed by atoms with Gasteiger partial charge < -0.3 is 5.11 Å². The van der Waals surface area contributed by atoms with Crippen molar-refractivity contribution in [2.24, 2.45) is 0 Å². The number of carboxylic acids is 1. The Balaban J connectivity index is 2.29. The molecule has 0 saturated heterocycles. The van der Waals surface area contributed by atoms with E-state index in [1.165, 1.54) is 41.9 Å². The summed E-state index contributed by atoms with van der Waals surface area (Å²) in [6.07, 6.45) is 2.75. The number of halogens is 1. The molecule has 8 heteroatoms. The van der Waals surface area contributed by atoms with Gasteiger partial charge in [-0.25, -0.2) is 14.8 Å². The highest BCUT2D eigenvalue weighted by Crippen LogP contribution is 2.28. The second kappa shape index (κ2) is 4.77. The van der Waals surface area contributed by atoms with Crippen LogP contribution in [0.1, 0.15) is 10.4 Å². The van der Waals surface area contributed by atoms with E-state index >= 15 is 0 Å². The monoisotopic (exact) mass is 273 g/mol. The summed E-state index contributed by atoms with van der Waals surface area (Å²) in [6, 6.07) is 1.41. The molecule has 0 aliphatic rings. The van der Waals surface area contributed by atoms with Crippen LogP contribution in [0.25, 0.3) is 0 Å². The quantitative estimate of drug-likeness (QED) is 0.926. The minimum absolute atomic E-state index is 0.0312. The molecule has 5 nitrogen and oxygen atoms in total. The Morgan fingerprint density at radius 3 is 2.94 bits per heavy atom. The minimum atomic E-state index is -1.08. The van der Waals surface area contributed by atoms with Gasteiger partial charge in [-0.2, -0.15) is 4.37 Å². The van der Waals surface area contributed by atoms with Crippen LogP contribution in [-0.4, -0.2) is 25.4 Å². The highest BCUT2D eigenvalue weighted by Gasteiger charge is 2.11. The molecule has 16 heavy (non-hydrogen) atoms. The molecule has 0 aliphatic heterocycles.